The molecule has 0 bridgehead atoms. The SMILES string of the molecule is CCCCN(CCO)C(=O)c1cccc(S(=O)(=O)N(C)c2ccc(C)cc2)c1. The Kier molecular flexibility index (Phi) is 7.60. The highest BCUT2D eigenvalue weighted by Gasteiger charge is 2.23. The van der Waals surface area contributed by atoms with Crippen LogP contribution in [0.15, 0.2) is 53.4 Å². The standard InChI is InChI=1S/C21H28N2O4S/c1-4-5-13-23(14-15-24)21(25)18-7-6-8-20(16-18)28(26,27)22(3)19-11-9-17(2)10-12-19/h6-12,16,24H,4-5,13-15H2,1-3H3. The molecule has 0 aliphatic rings. The van der Waals surface area contributed by atoms with Gasteiger partial charge in [0.1, 0.15) is 0 Å². The molecule has 0 saturated heterocycles. The van der Waals surface area contributed by atoms with Crippen LogP contribution >= 0.6 is 0 Å². The van der Waals surface area contributed by atoms with Crippen molar-refractivity contribution in [3.8, 4) is 0 Å². The van der Waals surface area contributed by atoms with Crippen molar-refractivity contribution < 1.29 is 18.3 Å². The number of rotatable bonds is 9. The van der Waals surface area contributed by atoms with Crippen LogP contribution in [0.4, 0.5) is 5.69 Å². The predicted molar refractivity (Wildman–Crippen MR) is 111 cm³/mol. The first kappa shape index (κ1) is 21.9. The number of unbranched alkanes of at least 4 members (excludes halogenated alkanes) is 1. The third kappa shape index (κ3) is 5.11. The lowest BCUT2D eigenvalue weighted by molar-refractivity contribution is 0.0719. The van der Waals surface area contributed by atoms with Crippen LogP contribution in [0.3, 0.4) is 0 Å². The van der Waals surface area contributed by atoms with Gasteiger partial charge in [-0.05, 0) is 43.7 Å². The van der Waals surface area contributed by atoms with E-state index in [1.165, 1.54) is 23.5 Å². The van der Waals surface area contributed by atoms with E-state index < -0.39 is 10.0 Å². The van der Waals surface area contributed by atoms with Gasteiger partial charge in [0, 0.05) is 25.7 Å². The Morgan fingerprint density at radius 2 is 1.75 bits per heavy atom. The van der Waals surface area contributed by atoms with E-state index in [4.69, 9.17) is 0 Å². The molecule has 1 N–H and O–H groups in total. The molecule has 2 aromatic carbocycles. The lowest BCUT2D eigenvalue weighted by atomic mass is 10.2. The van der Waals surface area contributed by atoms with Gasteiger partial charge in [0.15, 0.2) is 0 Å². The monoisotopic (exact) mass is 404 g/mol. The number of aliphatic hydroxyl groups excluding tert-OH is 1. The predicted octanol–water partition coefficient (Wildman–Crippen LogP) is 3.05. The summed E-state index contributed by atoms with van der Waals surface area (Å²) in [6.45, 7) is 4.57. The zero-order valence-corrected chi connectivity index (χ0v) is 17.4. The summed E-state index contributed by atoms with van der Waals surface area (Å²) in [6, 6.07) is 13.2. The average molecular weight is 405 g/mol. The van der Waals surface area contributed by atoms with Gasteiger partial charge in [0.05, 0.1) is 17.2 Å². The maximum absolute atomic E-state index is 13.0. The van der Waals surface area contributed by atoms with E-state index >= 15 is 0 Å². The van der Waals surface area contributed by atoms with Crippen LogP contribution in [0.1, 0.15) is 35.7 Å². The van der Waals surface area contributed by atoms with Crippen LogP contribution < -0.4 is 4.31 Å². The van der Waals surface area contributed by atoms with E-state index in [2.05, 4.69) is 0 Å². The second-order valence-electron chi connectivity index (χ2n) is 6.71. The van der Waals surface area contributed by atoms with Crippen molar-refractivity contribution in [2.24, 2.45) is 0 Å². The molecule has 0 spiro atoms. The summed E-state index contributed by atoms with van der Waals surface area (Å²) in [4.78, 5) is 14.4. The maximum atomic E-state index is 13.0. The third-order valence-corrected chi connectivity index (χ3v) is 6.36. The van der Waals surface area contributed by atoms with Crippen molar-refractivity contribution in [2.45, 2.75) is 31.6 Å². The van der Waals surface area contributed by atoms with Crippen molar-refractivity contribution in [1.82, 2.24) is 4.90 Å². The maximum Gasteiger partial charge on any atom is 0.264 e. The Morgan fingerprint density at radius 1 is 1.07 bits per heavy atom. The average Bonchev–Trinajstić information content (AvgIpc) is 2.70. The van der Waals surface area contributed by atoms with Crippen LogP contribution in [0.2, 0.25) is 0 Å². The Morgan fingerprint density at radius 3 is 2.36 bits per heavy atom. The van der Waals surface area contributed by atoms with Gasteiger partial charge in [-0.15, -0.1) is 0 Å². The topological polar surface area (TPSA) is 77.9 Å². The molecule has 0 fully saturated rings. The molecule has 1 amide bonds. The highest BCUT2D eigenvalue weighted by molar-refractivity contribution is 7.92. The van der Waals surface area contributed by atoms with Crippen LogP contribution in [0, 0.1) is 6.92 Å². The third-order valence-electron chi connectivity index (χ3n) is 4.58. The molecule has 2 rings (SSSR count). The van der Waals surface area contributed by atoms with Crippen LogP contribution in [0.5, 0.6) is 0 Å². The summed E-state index contributed by atoms with van der Waals surface area (Å²) in [5.74, 6) is -0.280. The largest absolute Gasteiger partial charge is 0.395 e. The summed E-state index contributed by atoms with van der Waals surface area (Å²) in [5.41, 5.74) is 1.88. The Bertz CT molecular complexity index is 895. The number of amides is 1. The summed E-state index contributed by atoms with van der Waals surface area (Å²) >= 11 is 0. The van der Waals surface area contributed by atoms with Crippen molar-refractivity contribution in [2.75, 3.05) is 31.0 Å². The number of sulfonamides is 1. The molecule has 152 valence electrons. The second kappa shape index (κ2) is 9.71. The highest BCUT2D eigenvalue weighted by Crippen LogP contribution is 2.23. The summed E-state index contributed by atoms with van der Waals surface area (Å²) in [5, 5.41) is 9.24. The smallest absolute Gasteiger partial charge is 0.264 e. The molecular formula is C21H28N2O4S. The Balaban J connectivity index is 2.32. The number of aliphatic hydroxyl groups is 1. The zero-order chi connectivity index (χ0) is 20.7. The van der Waals surface area contributed by atoms with E-state index in [0.717, 1.165) is 18.4 Å². The van der Waals surface area contributed by atoms with Crippen LogP contribution in [-0.2, 0) is 10.0 Å². The fraction of sp³-hybridized carbons (Fsp3) is 0.381. The number of anilines is 1. The number of hydrogen-bond acceptors (Lipinski definition) is 4. The first-order chi connectivity index (χ1) is 13.3. The fourth-order valence-corrected chi connectivity index (χ4v) is 4.05. The zero-order valence-electron chi connectivity index (χ0n) is 16.6. The van der Waals surface area contributed by atoms with Crippen LogP contribution in [-0.4, -0.2) is 51.1 Å². The molecule has 2 aromatic rings. The normalized spacial score (nSPS) is 11.3. The fourth-order valence-electron chi connectivity index (χ4n) is 2.81. The lowest BCUT2D eigenvalue weighted by Crippen LogP contribution is -2.34. The van der Waals surface area contributed by atoms with E-state index in [-0.39, 0.29) is 24.0 Å². The summed E-state index contributed by atoms with van der Waals surface area (Å²) < 4.78 is 27.2. The number of nitrogens with zero attached hydrogens (tertiary/aromatic N) is 2. The lowest BCUT2D eigenvalue weighted by Gasteiger charge is -2.23. The number of benzene rings is 2. The molecule has 28 heavy (non-hydrogen) atoms. The minimum Gasteiger partial charge on any atom is -0.395 e. The van der Waals surface area contributed by atoms with Gasteiger partial charge >= 0.3 is 0 Å². The van der Waals surface area contributed by atoms with Gasteiger partial charge in [0.2, 0.25) is 0 Å². The van der Waals surface area contributed by atoms with Gasteiger partial charge < -0.3 is 10.0 Å². The van der Waals surface area contributed by atoms with Crippen LogP contribution in [0.25, 0.3) is 0 Å². The highest BCUT2D eigenvalue weighted by atomic mass is 32.2. The summed E-state index contributed by atoms with van der Waals surface area (Å²) in [7, 11) is -2.31. The van der Waals surface area contributed by atoms with Crippen molar-refractivity contribution in [3.63, 3.8) is 0 Å². The molecular weight excluding hydrogens is 376 g/mol. The van der Waals surface area contributed by atoms with E-state index in [9.17, 15) is 18.3 Å². The van der Waals surface area contributed by atoms with E-state index in [0.29, 0.717) is 17.8 Å². The van der Waals surface area contributed by atoms with Gasteiger partial charge in [-0.2, -0.15) is 0 Å². The molecule has 0 heterocycles. The Hall–Kier alpha value is -2.38. The molecule has 0 aliphatic heterocycles. The van der Waals surface area contributed by atoms with E-state index in [1.807, 2.05) is 26.0 Å². The van der Waals surface area contributed by atoms with Crippen molar-refractivity contribution in [3.05, 3.63) is 59.7 Å². The number of carbonyl (C=O) groups is 1. The molecule has 0 atom stereocenters. The molecule has 0 unspecified atom stereocenters. The summed E-state index contributed by atoms with van der Waals surface area (Å²) in [6.07, 6.45) is 1.74. The second-order valence-corrected chi connectivity index (χ2v) is 8.67. The van der Waals surface area contributed by atoms with Crippen molar-refractivity contribution >= 4 is 21.6 Å². The Labute approximate surface area is 167 Å². The minimum atomic E-state index is -3.80. The van der Waals surface area contributed by atoms with Crippen molar-refractivity contribution in [1.29, 1.82) is 0 Å². The first-order valence-electron chi connectivity index (χ1n) is 9.37. The van der Waals surface area contributed by atoms with Gasteiger partial charge in [-0.3, -0.25) is 9.10 Å². The van der Waals surface area contributed by atoms with Gasteiger partial charge in [-0.1, -0.05) is 37.1 Å². The molecule has 6 nitrogen and oxygen atoms in total. The number of hydrogen-bond donors (Lipinski definition) is 1. The molecule has 0 aliphatic carbocycles. The molecule has 0 aromatic heterocycles. The quantitative estimate of drug-likeness (QED) is 0.697. The number of carbonyl (C=O) groups excluding carboxylic acids is 1. The number of aryl methyl sites for hydroxylation is 1. The molecule has 7 heteroatoms. The minimum absolute atomic E-state index is 0.0564. The van der Waals surface area contributed by atoms with Gasteiger partial charge in [0.25, 0.3) is 15.9 Å². The van der Waals surface area contributed by atoms with E-state index in [1.54, 1.807) is 29.2 Å². The van der Waals surface area contributed by atoms with Gasteiger partial charge in [-0.25, -0.2) is 8.42 Å². The molecule has 0 saturated carbocycles. The molecule has 0 radical (unpaired) electrons. The first-order valence-corrected chi connectivity index (χ1v) is 10.8.